The number of aliphatic hydroxyl groups is 1. The molecule has 0 aromatic carbocycles. The third kappa shape index (κ3) is 3.21. The molecule has 1 aliphatic rings. The minimum atomic E-state index is 0.207. The molecule has 1 aliphatic carbocycles. The first-order valence-corrected chi connectivity index (χ1v) is 6.88. The third-order valence-electron chi connectivity index (χ3n) is 4.78. The smallest absolute Gasteiger partial charge is 0.0436 e. The Balaban J connectivity index is 2.67. The second-order valence-electron chi connectivity index (χ2n) is 6.06. The van der Waals surface area contributed by atoms with E-state index >= 15 is 0 Å². The van der Waals surface area contributed by atoms with E-state index in [9.17, 15) is 5.11 Å². The van der Waals surface area contributed by atoms with Crippen molar-refractivity contribution in [2.45, 2.75) is 65.3 Å². The van der Waals surface area contributed by atoms with Gasteiger partial charge in [0.2, 0.25) is 0 Å². The summed E-state index contributed by atoms with van der Waals surface area (Å²) in [4.78, 5) is 0. The number of rotatable bonds is 4. The molecule has 0 bridgehead atoms. The zero-order valence-corrected chi connectivity index (χ0v) is 11.2. The van der Waals surface area contributed by atoms with Crippen LogP contribution in [0.5, 0.6) is 0 Å². The van der Waals surface area contributed by atoms with Crippen molar-refractivity contribution in [2.75, 3.05) is 6.61 Å². The van der Waals surface area contributed by atoms with E-state index in [0.717, 1.165) is 18.3 Å². The molecule has 0 heterocycles. The molecule has 1 rings (SSSR count). The van der Waals surface area contributed by atoms with E-state index in [1.54, 1.807) is 0 Å². The van der Waals surface area contributed by atoms with E-state index in [-0.39, 0.29) is 18.1 Å². The molecule has 0 spiro atoms. The van der Waals surface area contributed by atoms with Gasteiger partial charge in [-0.2, -0.15) is 0 Å². The lowest BCUT2D eigenvalue weighted by Crippen LogP contribution is -2.40. The number of aliphatic hydroxyl groups excluding tert-OH is 1. The lowest BCUT2D eigenvalue weighted by Gasteiger charge is -2.36. The summed E-state index contributed by atoms with van der Waals surface area (Å²) >= 11 is 0. The summed E-state index contributed by atoms with van der Waals surface area (Å²) in [6.45, 7) is 7.06. The summed E-state index contributed by atoms with van der Waals surface area (Å²) in [5, 5.41) is 9.24. The Labute approximate surface area is 101 Å². The molecule has 96 valence electrons. The van der Waals surface area contributed by atoms with Gasteiger partial charge in [-0.1, -0.05) is 26.7 Å². The van der Waals surface area contributed by atoms with Gasteiger partial charge >= 0.3 is 0 Å². The van der Waals surface area contributed by atoms with Crippen LogP contribution in [-0.2, 0) is 0 Å². The van der Waals surface area contributed by atoms with Crippen LogP contribution in [0.1, 0.15) is 59.3 Å². The molecule has 0 saturated heterocycles. The van der Waals surface area contributed by atoms with Crippen LogP contribution in [0.15, 0.2) is 0 Å². The average Bonchev–Trinajstić information content (AvgIpc) is 2.42. The van der Waals surface area contributed by atoms with Crippen LogP contribution in [0.3, 0.4) is 0 Å². The predicted octanol–water partition coefficient (Wildman–Crippen LogP) is 2.94. The summed E-state index contributed by atoms with van der Waals surface area (Å²) in [6, 6.07) is 0.213. The van der Waals surface area contributed by atoms with E-state index in [0.29, 0.717) is 0 Å². The van der Waals surface area contributed by atoms with E-state index in [1.807, 2.05) is 0 Å². The first-order valence-electron chi connectivity index (χ1n) is 6.88. The fraction of sp³-hybridized carbons (Fsp3) is 1.00. The topological polar surface area (TPSA) is 46.2 Å². The molecule has 1 fully saturated rings. The van der Waals surface area contributed by atoms with Gasteiger partial charge in [0.05, 0.1) is 0 Å². The Hall–Kier alpha value is -0.0800. The Morgan fingerprint density at radius 2 is 1.94 bits per heavy atom. The van der Waals surface area contributed by atoms with Crippen molar-refractivity contribution >= 4 is 0 Å². The van der Waals surface area contributed by atoms with Gasteiger partial charge in [0.15, 0.2) is 0 Å². The molecule has 3 atom stereocenters. The van der Waals surface area contributed by atoms with Crippen LogP contribution in [0.25, 0.3) is 0 Å². The third-order valence-corrected chi connectivity index (χ3v) is 4.78. The number of hydrogen-bond acceptors (Lipinski definition) is 2. The lowest BCUT2D eigenvalue weighted by molar-refractivity contribution is 0.130. The van der Waals surface area contributed by atoms with Crippen LogP contribution in [0.4, 0.5) is 0 Å². The fourth-order valence-electron chi connectivity index (χ4n) is 3.28. The van der Waals surface area contributed by atoms with Crippen LogP contribution in [0, 0.1) is 17.3 Å². The van der Waals surface area contributed by atoms with E-state index in [4.69, 9.17) is 5.73 Å². The van der Waals surface area contributed by atoms with Crippen LogP contribution in [0.2, 0.25) is 0 Å². The Morgan fingerprint density at radius 1 is 1.25 bits per heavy atom. The second kappa shape index (κ2) is 6.02. The molecular weight excluding hydrogens is 198 g/mol. The van der Waals surface area contributed by atoms with Gasteiger partial charge in [-0.3, -0.25) is 0 Å². The molecule has 0 aromatic rings. The summed E-state index contributed by atoms with van der Waals surface area (Å²) in [6.07, 6.45) is 7.21. The van der Waals surface area contributed by atoms with Crippen molar-refractivity contribution in [3.8, 4) is 0 Å². The summed E-state index contributed by atoms with van der Waals surface area (Å²) in [5.41, 5.74) is 6.37. The van der Waals surface area contributed by atoms with Crippen molar-refractivity contribution in [3.05, 3.63) is 0 Å². The van der Waals surface area contributed by atoms with Gasteiger partial charge in [0.1, 0.15) is 0 Å². The zero-order valence-electron chi connectivity index (χ0n) is 11.2. The number of hydrogen-bond donors (Lipinski definition) is 2. The van der Waals surface area contributed by atoms with Crippen LogP contribution < -0.4 is 5.73 Å². The second-order valence-corrected chi connectivity index (χ2v) is 6.06. The standard InChI is InChI=1S/C14H29NO/c1-11(2)13-5-4-7-14(8-6-13,9-10-16)12(3)15/h11-13,16H,4-10,15H2,1-3H3. The fourth-order valence-corrected chi connectivity index (χ4v) is 3.28. The SMILES string of the molecule is CC(C)C1CCCC(CCO)(C(C)N)CC1. The van der Waals surface area contributed by atoms with E-state index in [1.165, 1.54) is 32.1 Å². The van der Waals surface area contributed by atoms with Crippen LogP contribution >= 0.6 is 0 Å². The normalized spacial score (nSPS) is 33.8. The maximum atomic E-state index is 9.24. The van der Waals surface area contributed by atoms with Crippen molar-refractivity contribution < 1.29 is 5.11 Å². The molecule has 0 amide bonds. The first kappa shape index (κ1) is 14.0. The minimum absolute atomic E-state index is 0.207. The Bertz CT molecular complexity index is 203. The van der Waals surface area contributed by atoms with E-state index in [2.05, 4.69) is 20.8 Å². The monoisotopic (exact) mass is 227 g/mol. The number of nitrogens with two attached hydrogens (primary N) is 1. The molecular formula is C14H29NO. The highest BCUT2D eigenvalue weighted by atomic mass is 16.3. The van der Waals surface area contributed by atoms with Crippen molar-refractivity contribution in [1.29, 1.82) is 0 Å². The predicted molar refractivity (Wildman–Crippen MR) is 69.2 cm³/mol. The van der Waals surface area contributed by atoms with Gasteiger partial charge in [0.25, 0.3) is 0 Å². The molecule has 0 aliphatic heterocycles. The lowest BCUT2D eigenvalue weighted by atomic mass is 9.72. The van der Waals surface area contributed by atoms with Gasteiger partial charge in [0, 0.05) is 12.6 Å². The average molecular weight is 227 g/mol. The summed E-state index contributed by atoms with van der Waals surface area (Å²) < 4.78 is 0. The maximum Gasteiger partial charge on any atom is 0.0436 e. The van der Waals surface area contributed by atoms with Gasteiger partial charge in [-0.05, 0) is 49.9 Å². The van der Waals surface area contributed by atoms with Gasteiger partial charge < -0.3 is 10.8 Å². The first-order chi connectivity index (χ1) is 7.52. The molecule has 1 saturated carbocycles. The highest BCUT2D eigenvalue weighted by molar-refractivity contribution is 4.90. The molecule has 0 aromatic heterocycles. The molecule has 3 unspecified atom stereocenters. The van der Waals surface area contributed by atoms with Gasteiger partial charge in [-0.15, -0.1) is 0 Å². The maximum absolute atomic E-state index is 9.24. The van der Waals surface area contributed by atoms with Crippen LogP contribution in [-0.4, -0.2) is 17.8 Å². The van der Waals surface area contributed by atoms with Crippen molar-refractivity contribution in [2.24, 2.45) is 23.0 Å². The highest BCUT2D eigenvalue weighted by Gasteiger charge is 2.36. The van der Waals surface area contributed by atoms with E-state index < -0.39 is 0 Å². The molecule has 3 N–H and O–H groups in total. The molecule has 2 heteroatoms. The largest absolute Gasteiger partial charge is 0.396 e. The summed E-state index contributed by atoms with van der Waals surface area (Å²) in [7, 11) is 0. The molecule has 16 heavy (non-hydrogen) atoms. The highest BCUT2D eigenvalue weighted by Crippen LogP contribution is 2.43. The quantitative estimate of drug-likeness (QED) is 0.725. The van der Waals surface area contributed by atoms with Gasteiger partial charge in [-0.25, -0.2) is 0 Å². The summed E-state index contributed by atoms with van der Waals surface area (Å²) in [5.74, 6) is 1.65. The zero-order chi connectivity index (χ0) is 12.2. The molecule has 2 nitrogen and oxygen atoms in total. The Morgan fingerprint density at radius 3 is 2.44 bits per heavy atom. The molecule has 0 radical (unpaired) electrons. The van der Waals surface area contributed by atoms with Crippen molar-refractivity contribution in [3.63, 3.8) is 0 Å². The Kier molecular flexibility index (Phi) is 5.26. The minimum Gasteiger partial charge on any atom is -0.396 e. The van der Waals surface area contributed by atoms with Crippen molar-refractivity contribution in [1.82, 2.24) is 0 Å².